The van der Waals surface area contributed by atoms with Crippen molar-refractivity contribution < 1.29 is 14.3 Å². The third-order valence-electron chi connectivity index (χ3n) is 4.33. The molecular formula is C20H22N2O3S. The molecule has 0 saturated carbocycles. The first-order chi connectivity index (χ1) is 12.6. The Bertz CT molecular complexity index is 784. The van der Waals surface area contributed by atoms with Crippen LogP contribution in [0.2, 0.25) is 0 Å². The van der Waals surface area contributed by atoms with Crippen LogP contribution in [0.3, 0.4) is 0 Å². The lowest BCUT2D eigenvalue weighted by atomic mass is 10.1. The van der Waals surface area contributed by atoms with E-state index in [1.54, 1.807) is 35.9 Å². The van der Waals surface area contributed by atoms with E-state index in [0.717, 1.165) is 4.90 Å². The standard InChI is InChI=1S/C20H22N2O3S/c1-3-22(13-19(23)21-15-9-5-6-10-16(15)25-2)20(24)18-12-14-8-4-7-11-17(14)26-18/h4-11,18H,3,12-13H2,1-2H3,(H,21,23)/t18-/m1/s1. The maximum Gasteiger partial charge on any atom is 0.244 e. The third kappa shape index (κ3) is 4.02. The number of anilines is 1. The highest BCUT2D eigenvalue weighted by Crippen LogP contribution is 2.37. The smallest absolute Gasteiger partial charge is 0.244 e. The molecule has 1 aliphatic rings. The number of thioether (sulfide) groups is 1. The van der Waals surface area contributed by atoms with Gasteiger partial charge in [0.05, 0.1) is 24.6 Å². The van der Waals surface area contributed by atoms with Crippen molar-refractivity contribution >= 4 is 29.3 Å². The van der Waals surface area contributed by atoms with E-state index < -0.39 is 0 Å². The molecule has 0 fully saturated rings. The first-order valence-electron chi connectivity index (χ1n) is 8.58. The molecule has 0 aromatic heterocycles. The highest BCUT2D eigenvalue weighted by atomic mass is 32.2. The molecule has 1 N–H and O–H groups in total. The van der Waals surface area contributed by atoms with Crippen molar-refractivity contribution in [3.8, 4) is 5.75 Å². The van der Waals surface area contributed by atoms with Crippen molar-refractivity contribution in [2.75, 3.05) is 25.5 Å². The van der Waals surface area contributed by atoms with Crippen LogP contribution in [0.5, 0.6) is 5.75 Å². The number of rotatable bonds is 6. The Kier molecular flexibility index (Phi) is 5.83. The second kappa shape index (κ2) is 8.27. The number of carbonyl (C=O) groups excluding carboxylic acids is 2. The number of likely N-dealkylation sites (N-methyl/N-ethyl adjacent to an activating group) is 1. The molecule has 5 nitrogen and oxygen atoms in total. The second-order valence-electron chi connectivity index (χ2n) is 6.02. The summed E-state index contributed by atoms with van der Waals surface area (Å²) < 4.78 is 5.24. The fourth-order valence-electron chi connectivity index (χ4n) is 2.98. The Labute approximate surface area is 157 Å². The van der Waals surface area contributed by atoms with Gasteiger partial charge in [-0.25, -0.2) is 0 Å². The lowest BCUT2D eigenvalue weighted by Gasteiger charge is -2.23. The number of amides is 2. The Hall–Kier alpha value is -2.47. The van der Waals surface area contributed by atoms with Gasteiger partial charge in [0.1, 0.15) is 5.75 Å². The van der Waals surface area contributed by atoms with Gasteiger partial charge in [0.25, 0.3) is 0 Å². The van der Waals surface area contributed by atoms with Crippen molar-refractivity contribution in [1.29, 1.82) is 0 Å². The molecule has 2 aromatic carbocycles. The highest BCUT2D eigenvalue weighted by molar-refractivity contribution is 8.01. The minimum atomic E-state index is -0.231. The highest BCUT2D eigenvalue weighted by Gasteiger charge is 2.31. The average Bonchev–Trinajstić information content (AvgIpc) is 3.10. The maximum atomic E-state index is 12.9. The van der Waals surface area contributed by atoms with Crippen LogP contribution in [-0.4, -0.2) is 42.2 Å². The van der Waals surface area contributed by atoms with Crippen molar-refractivity contribution in [3.05, 3.63) is 54.1 Å². The summed E-state index contributed by atoms with van der Waals surface area (Å²) in [7, 11) is 1.56. The first-order valence-corrected chi connectivity index (χ1v) is 9.46. The number of carbonyl (C=O) groups is 2. The fraction of sp³-hybridized carbons (Fsp3) is 0.300. The molecule has 0 aliphatic carbocycles. The minimum Gasteiger partial charge on any atom is -0.495 e. The summed E-state index contributed by atoms with van der Waals surface area (Å²) in [6.07, 6.45) is 0.713. The SMILES string of the molecule is CCN(CC(=O)Nc1ccccc1OC)C(=O)[C@H]1Cc2ccccc2S1. The molecule has 0 saturated heterocycles. The number of nitrogens with one attached hydrogen (secondary N) is 1. The summed E-state index contributed by atoms with van der Waals surface area (Å²) >= 11 is 1.58. The molecule has 1 atom stereocenters. The second-order valence-corrected chi connectivity index (χ2v) is 7.26. The van der Waals surface area contributed by atoms with Gasteiger partial charge in [-0.05, 0) is 37.1 Å². The number of hydrogen-bond acceptors (Lipinski definition) is 4. The fourth-order valence-corrected chi connectivity index (χ4v) is 4.26. The summed E-state index contributed by atoms with van der Waals surface area (Å²) in [4.78, 5) is 28.0. The van der Waals surface area contributed by atoms with E-state index in [4.69, 9.17) is 4.74 Å². The number of nitrogens with zero attached hydrogens (tertiary/aromatic N) is 1. The summed E-state index contributed by atoms with van der Waals surface area (Å²) in [5.74, 6) is 0.367. The van der Waals surface area contributed by atoms with Gasteiger partial charge in [-0.3, -0.25) is 9.59 Å². The molecule has 136 valence electrons. The summed E-state index contributed by atoms with van der Waals surface area (Å²) in [6, 6.07) is 15.3. The van der Waals surface area contributed by atoms with Gasteiger partial charge in [-0.15, -0.1) is 11.8 Å². The van der Waals surface area contributed by atoms with Crippen molar-refractivity contribution in [1.82, 2.24) is 4.90 Å². The van der Waals surface area contributed by atoms with Crippen molar-refractivity contribution in [3.63, 3.8) is 0 Å². The van der Waals surface area contributed by atoms with Gasteiger partial charge in [0, 0.05) is 11.4 Å². The zero-order valence-corrected chi connectivity index (χ0v) is 15.7. The summed E-state index contributed by atoms with van der Waals surface area (Å²) in [6.45, 7) is 2.41. The molecule has 1 heterocycles. The molecular weight excluding hydrogens is 348 g/mol. The largest absolute Gasteiger partial charge is 0.495 e. The quantitative estimate of drug-likeness (QED) is 0.848. The van der Waals surface area contributed by atoms with Crippen LogP contribution in [0.25, 0.3) is 0 Å². The number of ether oxygens (including phenoxy) is 1. The Morgan fingerprint density at radius 2 is 1.92 bits per heavy atom. The van der Waals surface area contributed by atoms with Gasteiger partial charge in [0.15, 0.2) is 0 Å². The van der Waals surface area contributed by atoms with E-state index in [0.29, 0.717) is 24.4 Å². The molecule has 0 spiro atoms. The van der Waals surface area contributed by atoms with Crippen LogP contribution in [0, 0.1) is 0 Å². The lowest BCUT2D eigenvalue weighted by molar-refractivity contribution is -0.133. The minimum absolute atomic E-state index is 0.00359. The number of benzene rings is 2. The van der Waals surface area contributed by atoms with Gasteiger partial charge in [0.2, 0.25) is 11.8 Å². The average molecular weight is 370 g/mol. The predicted molar refractivity (Wildman–Crippen MR) is 104 cm³/mol. The number of fused-ring (bicyclic) bond motifs is 1. The number of hydrogen-bond donors (Lipinski definition) is 1. The van der Waals surface area contributed by atoms with Crippen LogP contribution in [0.1, 0.15) is 12.5 Å². The van der Waals surface area contributed by atoms with Crippen LogP contribution in [-0.2, 0) is 16.0 Å². The van der Waals surface area contributed by atoms with Gasteiger partial charge >= 0.3 is 0 Å². The maximum absolute atomic E-state index is 12.9. The van der Waals surface area contributed by atoms with Crippen LogP contribution in [0.15, 0.2) is 53.4 Å². The Morgan fingerprint density at radius 1 is 1.19 bits per heavy atom. The number of para-hydroxylation sites is 2. The molecule has 2 amide bonds. The van der Waals surface area contributed by atoms with Crippen LogP contribution in [0.4, 0.5) is 5.69 Å². The predicted octanol–water partition coefficient (Wildman–Crippen LogP) is 3.20. The van der Waals surface area contributed by atoms with Crippen molar-refractivity contribution in [2.24, 2.45) is 0 Å². The monoisotopic (exact) mass is 370 g/mol. The summed E-state index contributed by atoms with van der Waals surface area (Å²) in [5, 5.41) is 2.66. The Balaban J connectivity index is 1.62. The van der Waals surface area contributed by atoms with E-state index in [1.165, 1.54) is 5.56 Å². The van der Waals surface area contributed by atoms with E-state index in [1.807, 2.05) is 37.3 Å². The molecule has 26 heavy (non-hydrogen) atoms. The molecule has 0 unspecified atom stereocenters. The molecule has 1 aliphatic heterocycles. The molecule has 6 heteroatoms. The lowest BCUT2D eigenvalue weighted by Crippen LogP contribution is -2.42. The topological polar surface area (TPSA) is 58.6 Å². The van der Waals surface area contributed by atoms with Crippen molar-refractivity contribution in [2.45, 2.75) is 23.5 Å². The molecule has 2 aromatic rings. The summed E-state index contributed by atoms with van der Waals surface area (Å²) in [5.41, 5.74) is 1.80. The van der Waals surface area contributed by atoms with E-state index >= 15 is 0 Å². The Morgan fingerprint density at radius 3 is 2.65 bits per heavy atom. The molecule has 0 bridgehead atoms. The van der Waals surface area contributed by atoms with Gasteiger partial charge in [-0.2, -0.15) is 0 Å². The normalized spacial score (nSPS) is 15.2. The van der Waals surface area contributed by atoms with E-state index in [9.17, 15) is 9.59 Å². The third-order valence-corrected chi connectivity index (χ3v) is 5.64. The zero-order chi connectivity index (χ0) is 18.5. The van der Waals surface area contributed by atoms with E-state index in [2.05, 4.69) is 11.4 Å². The first kappa shape index (κ1) is 18.3. The van der Waals surface area contributed by atoms with Crippen LogP contribution < -0.4 is 10.1 Å². The van der Waals surface area contributed by atoms with Gasteiger partial charge in [-0.1, -0.05) is 30.3 Å². The van der Waals surface area contributed by atoms with E-state index in [-0.39, 0.29) is 23.6 Å². The molecule has 3 rings (SSSR count). The molecule has 0 radical (unpaired) electrons. The number of methoxy groups -OCH3 is 1. The van der Waals surface area contributed by atoms with Crippen LogP contribution >= 0.6 is 11.8 Å². The van der Waals surface area contributed by atoms with Gasteiger partial charge < -0.3 is 15.0 Å². The zero-order valence-electron chi connectivity index (χ0n) is 14.9.